The molecule has 0 atom stereocenters. The van der Waals surface area contributed by atoms with Gasteiger partial charge in [-0.3, -0.25) is 9.59 Å². The molecule has 132 valence electrons. The Labute approximate surface area is 141 Å². The molecule has 2 saturated carbocycles. The predicted octanol–water partition coefficient (Wildman–Crippen LogP) is 5.27. The van der Waals surface area contributed by atoms with E-state index in [1.807, 2.05) is 0 Å². The Balaban J connectivity index is 1.70. The second-order valence-electron chi connectivity index (χ2n) is 7.75. The van der Waals surface area contributed by atoms with E-state index in [0.717, 1.165) is 63.2 Å². The van der Waals surface area contributed by atoms with Gasteiger partial charge in [0.15, 0.2) is 0 Å². The fraction of sp³-hybridized carbons (Fsp3) is 0.900. The van der Waals surface area contributed by atoms with E-state index in [0.29, 0.717) is 0 Å². The van der Waals surface area contributed by atoms with Gasteiger partial charge in [0.25, 0.3) is 0 Å². The Kier molecular flexibility index (Phi) is 7.58. The quantitative estimate of drug-likeness (QED) is 0.494. The molecule has 0 saturated heterocycles. The number of carbonyl (C=O) groups is 2. The van der Waals surface area contributed by atoms with Crippen molar-refractivity contribution in [1.29, 1.82) is 0 Å². The largest absolute Gasteiger partial charge is 0.393 e. The highest BCUT2D eigenvalue weighted by atomic mass is 16.6. The van der Waals surface area contributed by atoms with Crippen LogP contribution in [0.15, 0.2) is 0 Å². The van der Waals surface area contributed by atoms with Gasteiger partial charge in [0.2, 0.25) is 0 Å². The van der Waals surface area contributed by atoms with Crippen molar-refractivity contribution in [1.82, 2.24) is 0 Å². The molecule has 0 radical (unpaired) electrons. The Hall–Kier alpha value is -0.860. The van der Waals surface area contributed by atoms with Crippen LogP contribution in [0.25, 0.3) is 0 Å². The summed E-state index contributed by atoms with van der Waals surface area (Å²) in [5.74, 6) is 0.968. The van der Waals surface area contributed by atoms with Crippen LogP contribution in [0.1, 0.15) is 90.9 Å². The van der Waals surface area contributed by atoms with E-state index in [1.165, 1.54) is 25.7 Å². The number of ether oxygens (including phenoxy) is 1. The first-order chi connectivity index (χ1) is 11.1. The first-order valence-corrected chi connectivity index (χ1v) is 9.89. The molecular formula is C20H34O3. The zero-order valence-electron chi connectivity index (χ0n) is 15.0. The Bertz CT molecular complexity index is 338. The van der Waals surface area contributed by atoms with Gasteiger partial charge >= 0.3 is 11.9 Å². The number of hydrogen-bond donors (Lipinski definition) is 0. The minimum absolute atomic E-state index is 0.0384. The predicted molar refractivity (Wildman–Crippen MR) is 91.8 cm³/mol. The van der Waals surface area contributed by atoms with Crippen molar-refractivity contribution >= 4 is 11.9 Å². The van der Waals surface area contributed by atoms with Crippen LogP contribution in [0.3, 0.4) is 0 Å². The Morgan fingerprint density at radius 3 is 1.35 bits per heavy atom. The molecule has 0 aromatic rings. The van der Waals surface area contributed by atoms with Gasteiger partial charge in [0.1, 0.15) is 0 Å². The lowest BCUT2D eigenvalue weighted by Gasteiger charge is -2.29. The molecule has 0 bridgehead atoms. The van der Waals surface area contributed by atoms with Crippen molar-refractivity contribution in [3.05, 3.63) is 0 Å². The van der Waals surface area contributed by atoms with Gasteiger partial charge in [-0.05, 0) is 63.2 Å². The molecule has 0 spiro atoms. The van der Waals surface area contributed by atoms with Crippen LogP contribution in [-0.4, -0.2) is 11.9 Å². The van der Waals surface area contributed by atoms with Gasteiger partial charge in [-0.2, -0.15) is 0 Å². The summed E-state index contributed by atoms with van der Waals surface area (Å²) in [7, 11) is 0. The highest BCUT2D eigenvalue weighted by Gasteiger charge is 2.32. The summed E-state index contributed by atoms with van der Waals surface area (Å²) in [5, 5.41) is 0. The van der Waals surface area contributed by atoms with Crippen LogP contribution >= 0.6 is 0 Å². The molecular weight excluding hydrogens is 288 g/mol. The molecule has 0 aromatic carbocycles. The van der Waals surface area contributed by atoms with E-state index in [2.05, 4.69) is 13.8 Å². The summed E-state index contributed by atoms with van der Waals surface area (Å²) in [4.78, 5) is 24.5. The normalized spacial score (nSPS) is 31.6. The summed E-state index contributed by atoms with van der Waals surface area (Å²) >= 11 is 0. The summed E-state index contributed by atoms with van der Waals surface area (Å²) in [5.41, 5.74) is 0. The van der Waals surface area contributed by atoms with E-state index in [9.17, 15) is 9.59 Å². The van der Waals surface area contributed by atoms with Crippen molar-refractivity contribution < 1.29 is 14.3 Å². The maximum absolute atomic E-state index is 12.2. The lowest BCUT2D eigenvalue weighted by atomic mass is 9.79. The molecule has 2 rings (SSSR count). The second-order valence-corrected chi connectivity index (χ2v) is 7.75. The maximum atomic E-state index is 12.2. The third-order valence-electron chi connectivity index (χ3n) is 5.96. The van der Waals surface area contributed by atoms with Crippen molar-refractivity contribution in [2.75, 3.05) is 0 Å². The van der Waals surface area contributed by atoms with Crippen molar-refractivity contribution in [3.63, 3.8) is 0 Å². The minimum atomic E-state index is -0.249. The molecule has 2 fully saturated rings. The average Bonchev–Trinajstić information content (AvgIpc) is 2.56. The average molecular weight is 322 g/mol. The van der Waals surface area contributed by atoms with Crippen molar-refractivity contribution in [2.24, 2.45) is 23.7 Å². The van der Waals surface area contributed by atoms with E-state index in [1.54, 1.807) is 0 Å². The summed E-state index contributed by atoms with van der Waals surface area (Å²) in [6.45, 7) is 4.43. The highest BCUT2D eigenvalue weighted by molar-refractivity contribution is 5.88. The number of hydrogen-bond acceptors (Lipinski definition) is 3. The van der Waals surface area contributed by atoms with Crippen LogP contribution in [0, 0.1) is 23.7 Å². The maximum Gasteiger partial charge on any atom is 0.316 e. The second kappa shape index (κ2) is 9.44. The van der Waals surface area contributed by atoms with Crippen molar-refractivity contribution in [3.8, 4) is 0 Å². The first kappa shape index (κ1) is 18.5. The number of rotatable bonds is 6. The van der Waals surface area contributed by atoms with Crippen LogP contribution in [0.5, 0.6) is 0 Å². The van der Waals surface area contributed by atoms with Crippen LogP contribution in [-0.2, 0) is 14.3 Å². The first-order valence-electron chi connectivity index (χ1n) is 9.89. The van der Waals surface area contributed by atoms with Gasteiger partial charge in [-0.1, -0.05) is 39.5 Å². The third kappa shape index (κ3) is 5.61. The zero-order valence-corrected chi connectivity index (χ0v) is 15.0. The molecule has 3 heteroatoms. The number of carbonyl (C=O) groups excluding carboxylic acids is 2. The van der Waals surface area contributed by atoms with E-state index >= 15 is 0 Å². The van der Waals surface area contributed by atoms with Gasteiger partial charge < -0.3 is 4.74 Å². The third-order valence-corrected chi connectivity index (χ3v) is 5.96. The number of esters is 2. The molecule has 23 heavy (non-hydrogen) atoms. The monoisotopic (exact) mass is 322 g/mol. The Morgan fingerprint density at radius 2 is 1.04 bits per heavy atom. The van der Waals surface area contributed by atoms with Crippen molar-refractivity contribution in [2.45, 2.75) is 90.9 Å². The fourth-order valence-corrected chi connectivity index (χ4v) is 4.46. The topological polar surface area (TPSA) is 43.4 Å². The van der Waals surface area contributed by atoms with E-state index < -0.39 is 0 Å². The van der Waals surface area contributed by atoms with Gasteiger partial charge in [-0.25, -0.2) is 0 Å². The van der Waals surface area contributed by atoms with E-state index in [-0.39, 0.29) is 23.8 Å². The van der Waals surface area contributed by atoms with Crippen LogP contribution < -0.4 is 0 Å². The lowest BCUT2D eigenvalue weighted by molar-refractivity contribution is -0.167. The molecule has 2 aliphatic carbocycles. The lowest BCUT2D eigenvalue weighted by Crippen LogP contribution is -2.30. The zero-order chi connectivity index (χ0) is 16.7. The molecule has 0 heterocycles. The smallest absolute Gasteiger partial charge is 0.316 e. The summed E-state index contributed by atoms with van der Waals surface area (Å²) in [6.07, 6.45) is 13.0. The van der Waals surface area contributed by atoms with Crippen LogP contribution in [0.4, 0.5) is 0 Å². The summed E-state index contributed by atoms with van der Waals surface area (Å²) in [6, 6.07) is 0. The summed E-state index contributed by atoms with van der Waals surface area (Å²) < 4.78 is 5.24. The van der Waals surface area contributed by atoms with E-state index in [4.69, 9.17) is 4.74 Å². The van der Waals surface area contributed by atoms with Crippen LogP contribution in [0.2, 0.25) is 0 Å². The molecule has 0 aromatic heterocycles. The molecule has 0 N–H and O–H groups in total. The standard InChI is InChI=1S/C20H34O3/c1-3-5-15-7-11-17(12-8-15)19(21)23-20(22)18-13-9-16(6-4-2)10-14-18/h15-18H,3-14H2,1-2H3/t15-,16-,17-,18-. The molecule has 0 amide bonds. The highest BCUT2D eigenvalue weighted by Crippen LogP contribution is 2.34. The minimum Gasteiger partial charge on any atom is -0.393 e. The van der Waals surface area contributed by atoms with Gasteiger partial charge in [0, 0.05) is 0 Å². The molecule has 2 aliphatic rings. The Morgan fingerprint density at radius 1 is 0.696 bits per heavy atom. The van der Waals surface area contributed by atoms with Gasteiger partial charge in [0.05, 0.1) is 11.8 Å². The molecule has 0 unspecified atom stereocenters. The molecule has 3 nitrogen and oxygen atoms in total. The fourth-order valence-electron chi connectivity index (χ4n) is 4.46. The SMILES string of the molecule is CCC[C@H]1CC[C@H](C(=O)OC(=O)[C@H]2CC[C@H](CCC)CC2)CC1. The van der Waals surface area contributed by atoms with Gasteiger partial charge in [-0.15, -0.1) is 0 Å². The molecule has 0 aliphatic heterocycles.